The molecule has 3 nitrogen and oxygen atoms in total. The van der Waals surface area contributed by atoms with E-state index in [0.29, 0.717) is 12.2 Å². The molecule has 5 aromatic carbocycles. The van der Waals surface area contributed by atoms with Crippen LogP contribution in [0.5, 0.6) is 5.75 Å². The van der Waals surface area contributed by atoms with Gasteiger partial charge in [0, 0.05) is 23.5 Å². The summed E-state index contributed by atoms with van der Waals surface area (Å²) in [6, 6.07) is 45.6. The summed E-state index contributed by atoms with van der Waals surface area (Å²) >= 11 is 0. The van der Waals surface area contributed by atoms with E-state index in [1.807, 2.05) is 36.4 Å². The highest BCUT2D eigenvalue weighted by molar-refractivity contribution is 5.80. The quantitative estimate of drug-likeness (QED) is 0.176. The Morgan fingerprint density at radius 2 is 0.917 bits per heavy atom. The third-order valence-corrected chi connectivity index (χ3v) is 6.08. The molecule has 0 atom stereocenters. The largest absolute Gasteiger partial charge is 0.427 e. The van der Waals surface area contributed by atoms with Crippen molar-refractivity contribution in [3.05, 3.63) is 133 Å². The monoisotopic (exact) mass is 469 g/mol. The van der Waals surface area contributed by atoms with E-state index in [0.717, 1.165) is 28.2 Å². The topological polar surface area (TPSA) is 29.5 Å². The number of carbonyl (C=O) groups is 1. The Labute approximate surface area is 212 Å². The van der Waals surface area contributed by atoms with Crippen molar-refractivity contribution in [2.75, 3.05) is 4.90 Å². The number of esters is 1. The molecule has 36 heavy (non-hydrogen) atoms. The van der Waals surface area contributed by atoms with Gasteiger partial charge in [-0.05, 0) is 70.8 Å². The molecule has 176 valence electrons. The normalized spacial score (nSPS) is 10.6. The second-order valence-corrected chi connectivity index (χ2v) is 8.48. The number of benzene rings is 5. The summed E-state index contributed by atoms with van der Waals surface area (Å²) in [6.45, 7) is 1.79. The maximum atomic E-state index is 11.5. The number of hydrogen-bond donors (Lipinski definition) is 0. The molecule has 0 aromatic heterocycles. The summed E-state index contributed by atoms with van der Waals surface area (Å²) in [6.07, 6.45) is 0.357. The molecule has 5 rings (SSSR count). The van der Waals surface area contributed by atoms with E-state index < -0.39 is 0 Å². The fraction of sp³-hybridized carbons (Fsp3) is 0.0606. The number of para-hydroxylation sites is 1. The number of carbonyl (C=O) groups excluding carboxylic acids is 1. The van der Waals surface area contributed by atoms with Gasteiger partial charge in [-0.2, -0.15) is 0 Å². The Morgan fingerprint density at radius 1 is 0.528 bits per heavy atom. The molecule has 0 bridgehead atoms. The SMILES string of the molecule is CCC(=O)Oc1ccc(-c2ccc(N(c3ccccc3)c3ccc(-c4ccccc4)cc3)cc2)cc1. The highest BCUT2D eigenvalue weighted by Gasteiger charge is 2.13. The summed E-state index contributed by atoms with van der Waals surface area (Å²) in [5.41, 5.74) is 7.82. The van der Waals surface area contributed by atoms with Gasteiger partial charge in [-0.15, -0.1) is 0 Å². The van der Waals surface area contributed by atoms with Crippen molar-refractivity contribution in [3.8, 4) is 28.0 Å². The number of nitrogens with zero attached hydrogens (tertiary/aromatic N) is 1. The Hall–Kier alpha value is -4.63. The molecule has 0 aliphatic rings. The zero-order chi connectivity index (χ0) is 24.7. The minimum atomic E-state index is -0.232. The first-order valence-corrected chi connectivity index (χ1v) is 12.1. The van der Waals surface area contributed by atoms with Gasteiger partial charge < -0.3 is 9.64 Å². The minimum Gasteiger partial charge on any atom is -0.427 e. The molecule has 0 unspecified atom stereocenters. The lowest BCUT2D eigenvalue weighted by molar-refractivity contribution is -0.134. The molecule has 0 amide bonds. The molecule has 0 radical (unpaired) electrons. The second-order valence-electron chi connectivity index (χ2n) is 8.48. The maximum absolute atomic E-state index is 11.5. The van der Waals surface area contributed by atoms with Crippen LogP contribution in [0, 0.1) is 0 Å². The highest BCUT2D eigenvalue weighted by atomic mass is 16.5. The Balaban J connectivity index is 1.43. The number of hydrogen-bond acceptors (Lipinski definition) is 3. The van der Waals surface area contributed by atoms with Crippen molar-refractivity contribution in [1.82, 2.24) is 0 Å². The third-order valence-electron chi connectivity index (χ3n) is 6.08. The molecule has 0 N–H and O–H groups in total. The van der Waals surface area contributed by atoms with Gasteiger partial charge in [-0.3, -0.25) is 4.79 Å². The molecule has 0 saturated carbocycles. The van der Waals surface area contributed by atoms with Gasteiger partial charge in [-0.25, -0.2) is 0 Å². The molecule has 0 saturated heterocycles. The van der Waals surface area contributed by atoms with E-state index in [2.05, 4.69) is 102 Å². The lowest BCUT2D eigenvalue weighted by atomic mass is 10.0. The fourth-order valence-corrected chi connectivity index (χ4v) is 4.18. The molecular weight excluding hydrogens is 442 g/mol. The number of anilines is 3. The van der Waals surface area contributed by atoms with Gasteiger partial charge in [0.1, 0.15) is 5.75 Å². The highest BCUT2D eigenvalue weighted by Crippen LogP contribution is 2.36. The van der Waals surface area contributed by atoms with Crippen LogP contribution in [0.1, 0.15) is 13.3 Å². The van der Waals surface area contributed by atoms with Crippen molar-refractivity contribution in [2.45, 2.75) is 13.3 Å². The molecular formula is C33H27NO2. The van der Waals surface area contributed by atoms with Crippen LogP contribution in [-0.4, -0.2) is 5.97 Å². The zero-order valence-corrected chi connectivity index (χ0v) is 20.2. The van der Waals surface area contributed by atoms with E-state index in [1.54, 1.807) is 6.92 Å². The van der Waals surface area contributed by atoms with Gasteiger partial charge in [0.05, 0.1) is 0 Å². The summed E-state index contributed by atoms with van der Waals surface area (Å²) in [4.78, 5) is 13.8. The fourth-order valence-electron chi connectivity index (χ4n) is 4.18. The van der Waals surface area contributed by atoms with Crippen LogP contribution in [-0.2, 0) is 4.79 Å². The van der Waals surface area contributed by atoms with Crippen LogP contribution in [0.15, 0.2) is 133 Å². The lowest BCUT2D eigenvalue weighted by Crippen LogP contribution is -2.09. The average Bonchev–Trinajstić information content (AvgIpc) is 2.95. The number of rotatable bonds is 7. The summed E-state index contributed by atoms with van der Waals surface area (Å²) in [7, 11) is 0. The summed E-state index contributed by atoms with van der Waals surface area (Å²) in [5.74, 6) is 0.335. The van der Waals surface area contributed by atoms with E-state index >= 15 is 0 Å². The third kappa shape index (κ3) is 5.21. The molecule has 3 heteroatoms. The molecule has 0 fully saturated rings. The van der Waals surface area contributed by atoms with E-state index in [1.165, 1.54) is 11.1 Å². The van der Waals surface area contributed by atoms with Crippen molar-refractivity contribution in [1.29, 1.82) is 0 Å². The Bertz CT molecular complexity index is 1410. The molecule has 5 aromatic rings. The molecule has 0 heterocycles. The van der Waals surface area contributed by atoms with E-state index in [9.17, 15) is 4.79 Å². The van der Waals surface area contributed by atoms with Crippen LogP contribution >= 0.6 is 0 Å². The average molecular weight is 470 g/mol. The first kappa shape index (κ1) is 23.1. The van der Waals surface area contributed by atoms with Crippen molar-refractivity contribution in [3.63, 3.8) is 0 Å². The zero-order valence-electron chi connectivity index (χ0n) is 20.2. The van der Waals surface area contributed by atoms with Gasteiger partial charge in [0.25, 0.3) is 0 Å². The second kappa shape index (κ2) is 10.7. The van der Waals surface area contributed by atoms with Crippen molar-refractivity contribution >= 4 is 23.0 Å². The van der Waals surface area contributed by atoms with Crippen LogP contribution in [0.25, 0.3) is 22.3 Å². The van der Waals surface area contributed by atoms with Crippen molar-refractivity contribution in [2.24, 2.45) is 0 Å². The molecule has 0 aliphatic heterocycles. The first-order valence-electron chi connectivity index (χ1n) is 12.1. The Kier molecular flexibility index (Phi) is 6.90. The predicted molar refractivity (Wildman–Crippen MR) is 148 cm³/mol. The van der Waals surface area contributed by atoms with Gasteiger partial charge in [0.2, 0.25) is 0 Å². The van der Waals surface area contributed by atoms with Crippen molar-refractivity contribution < 1.29 is 9.53 Å². The molecule has 0 aliphatic carbocycles. The minimum absolute atomic E-state index is 0.232. The summed E-state index contributed by atoms with van der Waals surface area (Å²) in [5, 5.41) is 0. The maximum Gasteiger partial charge on any atom is 0.310 e. The molecule has 0 spiro atoms. The van der Waals surface area contributed by atoms with Crippen LogP contribution < -0.4 is 9.64 Å². The van der Waals surface area contributed by atoms with E-state index in [4.69, 9.17) is 4.74 Å². The van der Waals surface area contributed by atoms with Gasteiger partial charge in [-0.1, -0.05) is 91.9 Å². The van der Waals surface area contributed by atoms with Crippen LogP contribution in [0.4, 0.5) is 17.1 Å². The van der Waals surface area contributed by atoms with E-state index in [-0.39, 0.29) is 5.97 Å². The van der Waals surface area contributed by atoms with Gasteiger partial charge >= 0.3 is 5.97 Å². The smallest absolute Gasteiger partial charge is 0.310 e. The van der Waals surface area contributed by atoms with Gasteiger partial charge in [0.15, 0.2) is 0 Å². The number of ether oxygens (including phenoxy) is 1. The van der Waals surface area contributed by atoms with Crippen LogP contribution in [0.2, 0.25) is 0 Å². The predicted octanol–water partition coefficient (Wildman–Crippen LogP) is 8.81. The van der Waals surface area contributed by atoms with Crippen LogP contribution in [0.3, 0.4) is 0 Å². The summed E-state index contributed by atoms with van der Waals surface area (Å²) < 4.78 is 5.29. The standard InChI is InChI=1S/C33H27NO2/c1-2-33(35)36-32-23-17-28(18-24-32)27-15-21-31(22-16-27)34(29-11-7-4-8-12-29)30-19-13-26(14-20-30)25-9-5-3-6-10-25/h3-24H,2H2,1H3. The lowest BCUT2D eigenvalue weighted by Gasteiger charge is -2.26. The first-order chi connectivity index (χ1) is 17.7. The Morgan fingerprint density at radius 3 is 1.39 bits per heavy atom.